The molecule has 0 fully saturated rings. The summed E-state index contributed by atoms with van der Waals surface area (Å²) >= 11 is 0. The van der Waals surface area contributed by atoms with E-state index >= 15 is 0 Å². The molecule has 1 N–H and O–H groups in total. The van der Waals surface area contributed by atoms with Gasteiger partial charge in [-0.2, -0.15) is 10.4 Å². The van der Waals surface area contributed by atoms with Gasteiger partial charge in [0, 0.05) is 30.2 Å². The molecular weight excluding hydrogens is 340 g/mol. The van der Waals surface area contributed by atoms with Crippen molar-refractivity contribution in [3.63, 3.8) is 0 Å². The average molecular weight is 360 g/mol. The van der Waals surface area contributed by atoms with Gasteiger partial charge in [-0.25, -0.2) is 5.43 Å². The second-order valence-corrected chi connectivity index (χ2v) is 6.17. The summed E-state index contributed by atoms with van der Waals surface area (Å²) in [6.07, 6.45) is 2.06. The van der Waals surface area contributed by atoms with Crippen molar-refractivity contribution in [3.05, 3.63) is 65.4 Å². The number of hydrogen-bond acceptors (Lipinski definition) is 5. The second kappa shape index (κ2) is 8.19. The number of nitrogens with zero attached hydrogens (tertiary/aromatic N) is 3. The molecule has 0 aliphatic heterocycles. The highest BCUT2D eigenvalue weighted by molar-refractivity contribution is 5.99. The van der Waals surface area contributed by atoms with Crippen LogP contribution in [0.25, 0.3) is 11.0 Å². The van der Waals surface area contributed by atoms with E-state index in [1.165, 1.54) is 0 Å². The summed E-state index contributed by atoms with van der Waals surface area (Å²) in [6, 6.07) is 17.4. The summed E-state index contributed by atoms with van der Waals surface area (Å²) in [5, 5.41) is 13.6. The third kappa shape index (κ3) is 4.15. The monoisotopic (exact) mass is 360 g/mol. The van der Waals surface area contributed by atoms with Crippen LogP contribution in [0.3, 0.4) is 0 Å². The van der Waals surface area contributed by atoms with Gasteiger partial charge in [0.2, 0.25) is 0 Å². The number of para-hydroxylation sites is 1. The van der Waals surface area contributed by atoms with Crippen LogP contribution in [-0.4, -0.2) is 25.7 Å². The molecule has 27 heavy (non-hydrogen) atoms. The smallest absolute Gasteiger partial charge is 0.307 e. The molecule has 1 aromatic heterocycles. The summed E-state index contributed by atoms with van der Waals surface area (Å²) in [5.41, 5.74) is 5.85. The van der Waals surface area contributed by atoms with E-state index in [-0.39, 0.29) is 11.7 Å². The van der Waals surface area contributed by atoms with E-state index in [0.29, 0.717) is 18.5 Å². The molecule has 0 bridgehead atoms. The number of aryl methyl sites for hydroxylation is 1. The Morgan fingerprint density at radius 2 is 2.00 bits per heavy atom. The predicted octanol–water partition coefficient (Wildman–Crippen LogP) is 3.86. The maximum atomic E-state index is 12.3. The predicted molar refractivity (Wildman–Crippen MR) is 106 cm³/mol. The van der Waals surface area contributed by atoms with Crippen molar-refractivity contribution >= 4 is 28.8 Å². The Morgan fingerprint density at radius 3 is 2.70 bits per heavy atom. The number of anilines is 1. The van der Waals surface area contributed by atoms with E-state index in [4.69, 9.17) is 9.68 Å². The molecule has 2 aromatic carbocycles. The summed E-state index contributed by atoms with van der Waals surface area (Å²) < 4.78 is 5.62. The van der Waals surface area contributed by atoms with E-state index in [1.54, 1.807) is 6.21 Å². The van der Waals surface area contributed by atoms with E-state index in [2.05, 4.69) is 16.6 Å². The van der Waals surface area contributed by atoms with Crippen LogP contribution in [0.15, 0.2) is 58.0 Å². The SMILES string of the molecule is Cc1c(C(=O)N/N=C\c2ccc(N(C)CCC#N)cc2)oc2ccccc12. The van der Waals surface area contributed by atoms with E-state index in [1.807, 2.05) is 67.4 Å². The number of nitriles is 1. The molecule has 0 atom stereocenters. The number of rotatable bonds is 6. The van der Waals surface area contributed by atoms with Crippen LogP contribution in [0.2, 0.25) is 0 Å². The number of nitrogens with one attached hydrogen (secondary N) is 1. The number of amides is 1. The van der Waals surface area contributed by atoms with Gasteiger partial charge >= 0.3 is 5.91 Å². The maximum absolute atomic E-state index is 12.3. The van der Waals surface area contributed by atoms with Gasteiger partial charge < -0.3 is 9.32 Å². The average Bonchev–Trinajstić information content (AvgIpc) is 3.03. The third-order valence-electron chi connectivity index (χ3n) is 4.32. The molecule has 3 rings (SSSR count). The Labute approximate surface area is 157 Å². The van der Waals surface area contributed by atoms with Crippen molar-refractivity contribution in [3.8, 4) is 6.07 Å². The lowest BCUT2D eigenvalue weighted by Crippen LogP contribution is -2.18. The maximum Gasteiger partial charge on any atom is 0.307 e. The quantitative estimate of drug-likeness (QED) is 0.535. The van der Waals surface area contributed by atoms with E-state index in [9.17, 15) is 4.79 Å². The first-order valence-corrected chi connectivity index (χ1v) is 8.60. The standard InChI is InChI=1S/C21H20N4O2/c1-15-18-6-3-4-7-19(18)27-20(15)21(26)24-23-14-16-8-10-17(11-9-16)25(2)13-5-12-22/h3-4,6-11,14H,5,13H2,1-2H3,(H,24,26)/b23-14-. The Bertz CT molecular complexity index is 1010. The normalized spacial score (nSPS) is 10.9. The third-order valence-corrected chi connectivity index (χ3v) is 4.32. The molecule has 0 aliphatic rings. The summed E-state index contributed by atoms with van der Waals surface area (Å²) in [4.78, 5) is 14.3. The molecule has 0 spiro atoms. The van der Waals surface area contributed by atoms with Gasteiger partial charge in [-0.1, -0.05) is 30.3 Å². The fourth-order valence-electron chi connectivity index (χ4n) is 2.77. The molecule has 6 heteroatoms. The van der Waals surface area contributed by atoms with Crippen molar-refractivity contribution in [1.82, 2.24) is 5.43 Å². The van der Waals surface area contributed by atoms with Crippen LogP contribution in [-0.2, 0) is 0 Å². The highest BCUT2D eigenvalue weighted by Crippen LogP contribution is 2.24. The van der Waals surface area contributed by atoms with Gasteiger partial charge in [-0.3, -0.25) is 4.79 Å². The molecule has 1 heterocycles. The molecule has 1 amide bonds. The van der Waals surface area contributed by atoms with E-state index in [0.717, 1.165) is 22.2 Å². The van der Waals surface area contributed by atoms with Gasteiger partial charge in [0.25, 0.3) is 0 Å². The van der Waals surface area contributed by atoms with Gasteiger partial charge in [0.1, 0.15) is 5.58 Å². The number of hydrogen-bond donors (Lipinski definition) is 1. The number of carbonyl (C=O) groups is 1. The number of furan rings is 1. The Hall–Kier alpha value is -3.59. The number of benzene rings is 2. The Kier molecular flexibility index (Phi) is 5.53. The summed E-state index contributed by atoms with van der Waals surface area (Å²) in [6.45, 7) is 2.53. The van der Waals surface area contributed by atoms with E-state index < -0.39 is 0 Å². The lowest BCUT2D eigenvalue weighted by Gasteiger charge is -2.17. The number of fused-ring (bicyclic) bond motifs is 1. The van der Waals surface area contributed by atoms with Crippen LogP contribution in [0.4, 0.5) is 5.69 Å². The fraction of sp³-hybridized carbons (Fsp3) is 0.190. The summed E-state index contributed by atoms with van der Waals surface area (Å²) in [5.74, 6) is -0.115. The van der Waals surface area contributed by atoms with Crippen LogP contribution >= 0.6 is 0 Å². The zero-order valence-corrected chi connectivity index (χ0v) is 15.3. The highest BCUT2D eigenvalue weighted by atomic mass is 16.3. The first kappa shape index (κ1) is 18.2. The molecule has 0 radical (unpaired) electrons. The van der Waals surface area contributed by atoms with Crippen molar-refractivity contribution < 1.29 is 9.21 Å². The minimum Gasteiger partial charge on any atom is -0.451 e. The molecule has 6 nitrogen and oxygen atoms in total. The molecule has 0 unspecified atom stereocenters. The van der Waals surface area contributed by atoms with Gasteiger partial charge in [-0.05, 0) is 30.7 Å². The molecule has 3 aromatic rings. The molecule has 0 saturated heterocycles. The lowest BCUT2D eigenvalue weighted by atomic mass is 10.1. The zero-order chi connectivity index (χ0) is 19.2. The van der Waals surface area contributed by atoms with Crippen LogP contribution in [0.5, 0.6) is 0 Å². The molecule has 0 aliphatic carbocycles. The second-order valence-electron chi connectivity index (χ2n) is 6.17. The van der Waals surface area contributed by atoms with Crippen molar-refractivity contribution in [1.29, 1.82) is 5.26 Å². The molecule has 136 valence electrons. The molecular formula is C21H20N4O2. The first-order valence-electron chi connectivity index (χ1n) is 8.60. The van der Waals surface area contributed by atoms with Gasteiger partial charge in [0.05, 0.1) is 18.7 Å². The van der Waals surface area contributed by atoms with Crippen LogP contribution < -0.4 is 10.3 Å². The van der Waals surface area contributed by atoms with Crippen molar-refractivity contribution in [2.75, 3.05) is 18.5 Å². The zero-order valence-electron chi connectivity index (χ0n) is 15.3. The first-order chi connectivity index (χ1) is 13.1. The summed E-state index contributed by atoms with van der Waals surface area (Å²) in [7, 11) is 1.94. The number of carbonyl (C=O) groups excluding carboxylic acids is 1. The van der Waals surface area contributed by atoms with Crippen molar-refractivity contribution in [2.45, 2.75) is 13.3 Å². The van der Waals surface area contributed by atoms with Crippen LogP contribution in [0, 0.1) is 18.3 Å². The van der Waals surface area contributed by atoms with Crippen molar-refractivity contribution in [2.24, 2.45) is 5.10 Å². The molecule has 0 saturated carbocycles. The highest BCUT2D eigenvalue weighted by Gasteiger charge is 2.16. The fourth-order valence-corrected chi connectivity index (χ4v) is 2.77. The lowest BCUT2D eigenvalue weighted by molar-refractivity contribution is 0.0929. The Balaban J connectivity index is 1.63. The van der Waals surface area contributed by atoms with Gasteiger partial charge in [-0.15, -0.1) is 0 Å². The number of hydrazone groups is 1. The topological polar surface area (TPSA) is 81.6 Å². The minimum absolute atomic E-state index is 0.266. The largest absolute Gasteiger partial charge is 0.451 e. The minimum atomic E-state index is -0.382. The Morgan fingerprint density at radius 1 is 1.26 bits per heavy atom. The van der Waals surface area contributed by atoms with Crippen LogP contribution in [0.1, 0.15) is 28.1 Å². The van der Waals surface area contributed by atoms with Gasteiger partial charge in [0.15, 0.2) is 5.76 Å².